The van der Waals surface area contributed by atoms with E-state index in [-0.39, 0.29) is 5.91 Å². The van der Waals surface area contributed by atoms with Crippen LogP contribution in [0.25, 0.3) is 0 Å². The fourth-order valence-corrected chi connectivity index (χ4v) is 1.77. The number of aliphatic carboxylic acids is 1. The van der Waals surface area contributed by atoms with Crippen molar-refractivity contribution in [3.8, 4) is 0 Å². The van der Waals surface area contributed by atoms with Gasteiger partial charge in [-0.3, -0.25) is 9.59 Å². The number of thiophene rings is 1. The highest BCUT2D eigenvalue weighted by Gasteiger charge is 2.13. The van der Waals surface area contributed by atoms with Crippen LogP contribution in [0.1, 0.15) is 18.9 Å². The zero-order valence-corrected chi connectivity index (χ0v) is 9.21. The highest BCUT2D eigenvalue weighted by atomic mass is 32.1. The average Bonchev–Trinajstić information content (AvgIpc) is 2.66. The third kappa shape index (κ3) is 4.12. The van der Waals surface area contributed by atoms with Gasteiger partial charge in [-0.2, -0.15) is 11.3 Å². The molecule has 1 rings (SSSR count). The van der Waals surface area contributed by atoms with Crippen molar-refractivity contribution < 1.29 is 14.7 Å². The summed E-state index contributed by atoms with van der Waals surface area (Å²) < 4.78 is 0. The summed E-state index contributed by atoms with van der Waals surface area (Å²) in [5, 5.41) is 14.9. The molecule has 1 aromatic heterocycles. The number of carbonyl (C=O) groups excluding carboxylic acids is 1. The molecule has 0 spiro atoms. The van der Waals surface area contributed by atoms with Crippen LogP contribution in [0.15, 0.2) is 16.8 Å². The van der Waals surface area contributed by atoms with Crippen molar-refractivity contribution in [1.82, 2.24) is 5.32 Å². The Kier molecular flexibility index (Phi) is 4.30. The third-order valence-corrected chi connectivity index (χ3v) is 2.70. The van der Waals surface area contributed by atoms with E-state index in [9.17, 15) is 9.59 Å². The number of carboxylic acid groups (broad SMARTS) is 1. The van der Waals surface area contributed by atoms with E-state index in [1.807, 2.05) is 16.8 Å². The minimum atomic E-state index is -1.01. The van der Waals surface area contributed by atoms with Crippen molar-refractivity contribution in [2.45, 2.75) is 25.8 Å². The monoisotopic (exact) mass is 227 g/mol. The lowest BCUT2D eigenvalue weighted by Crippen LogP contribution is -2.38. The Labute approximate surface area is 91.9 Å². The van der Waals surface area contributed by atoms with Gasteiger partial charge in [-0.1, -0.05) is 0 Å². The van der Waals surface area contributed by atoms with Crippen molar-refractivity contribution in [3.63, 3.8) is 0 Å². The van der Waals surface area contributed by atoms with Gasteiger partial charge in [0.15, 0.2) is 0 Å². The molecule has 1 aromatic rings. The normalized spacial score (nSPS) is 12.1. The summed E-state index contributed by atoms with van der Waals surface area (Å²) in [6.45, 7) is 1.45. The lowest BCUT2D eigenvalue weighted by molar-refractivity contribution is -0.141. The maximum Gasteiger partial charge on any atom is 0.325 e. The molecule has 0 fully saturated rings. The van der Waals surface area contributed by atoms with Gasteiger partial charge in [0.05, 0.1) is 0 Å². The second-order valence-electron chi connectivity index (χ2n) is 3.26. The first-order valence-corrected chi connectivity index (χ1v) is 5.57. The van der Waals surface area contributed by atoms with Gasteiger partial charge in [0.2, 0.25) is 5.91 Å². The third-order valence-electron chi connectivity index (χ3n) is 1.97. The second-order valence-corrected chi connectivity index (χ2v) is 4.04. The van der Waals surface area contributed by atoms with Gasteiger partial charge in [-0.05, 0) is 35.7 Å². The van der Waals surface area contributed by atoms with E-state index in [4.69, 9.17) is 5.11 Å². The molecule has 5 heteroatoms. The number of carbonyl (C=O) groups is 2. The Bertz CT molecular complexity index is 334. The van der Waals surface area contributed by atoms with Crippen molar-refractivity contribution in [1.29, 1.82) is 0 Å². The molecule has 0 aliphatic rings. The van der Waals surface area contributed by atoms with E-state index in [1.165, 1.54) is 6.92 Å². The van der Waals surface area contributed by atoms with Gasteiger partial charge in [0, 0.05) is 6.42 Å². The molecule has 1 heterocycles. The molecule has 82 valence electrons. The fraction of sp³-hybridized carbons (Fsp3) is 0.400. The fourth-order valence-electron chi connectivity index (χ4n) is 1.07. The highest BCUT2D eigenvalue weighted by Crippen LogP contribution is 2.08. The molecule has 0 aliphatic carbocycles. The van der Waals surface area contributed by atoms with Crippen LogP contribution in [0.3, 0.4) is 0 Å². The summed E-state index contributed by atoms with van der Waals surface area (Å²) in [4.78, 5) is 21.7. The molecule has 1 atom stereocenters. The van der Waals surface area contributed by atoms with E-state index in [0.29, 0.717) is 12.8 Å². The largest absolute Gasteiger partial charge is 0.480 e. The van der Waals surface area contributed by atoms with E-state index in [2.05, 4.69) is 5.32 Å². The van der Waals surface area contributed by atoms with E-state index < -0.39 is 12.0 Å². The smallest absolute Gasteiger partial charge is 0.325 e. The lowest BCUT2D eigenvalue weighted by Gasteiger charge is -2.08. The molecule has 0 saturated heterocycles. The van der Waals surface area contributed by atoms with Crippen LogP contribution in [0.4, 0.5) is 0 Å². The summed E-state index contributed by atoms with van der Waals surface area (Å²) in [6, 6.07) is 1.14. The van der Waals surface area contributed by atoms with E-state index in [1.54, 1.807) is 11.3 Å². The molecule has 0 unspecified atom stereocenters. The maximum atomic E-state index is 11.3. The molecule has 0 bridgehead atoms. The van der Waals surface area contributed by atoms with E-state index in [0.717, 1.165) is 5.56 Å². The van der Waals surface area contributed by atoms with Gasteiger partial charge in [0.1, 0.15) is 6.04 Å². The van der Waals surface area contributed by atoms with Crippen LogP contribution < -0.4 is 5.32 Å². The summed E-state index contributed by atoms with van der Waals surface area (Å²) >= 11 is 1.58. The number of nitrogens with one attached hydrogen (secondary N) is 1. The molecule has 15 heavy (non-hydrogen) atoms. The standard InChI is InChI=1S/C10H13NO3S/c1-7(10(13)14)11-9(12)3-2-8-4-5-15-6-8/h4-7H,2-3H2,1H3,(H,11,12)(H,13,14)/t7-/m0/s1. The molecule has 0 aliphatic heterocycles. The quantitative estimate of drug-likeness (QED) is 0.796. The van der Waals surface area contributed by atoms with Crippen molar-refractivity contribution in [3.05, 3.63) is 22.4 Å². The van der Waals surface area contributed by atoms with Gasteiger partial charge >= 0.3 is 5.97 Å². The first kappa shape index (κ1) is 11.7. The molecule has 2 N–H and O–H groups in total. The zero-order chi connectivity index (χ0) is 11.3. The van der Waals surface area contributed by atoms with Crippen molar-refractivity contribution in [2.75, 3.05) is 0 Å². The van der Waals surface area contributed by atoms with Crippen LogP contribution in [-0.4, -0.2) is 23.0 Å². The molecule has 0 saturated carbocycles. The Morgan fingerprint density at radius 1 is 1.60 bits per heavy atom. The Morgan fingerprint density at radius 3 is 2.87 bits per heavy atom. The minimum Gasteiger partial charge on any atom is -0.480 e. The summed E-state index contributed by atoms with van der Waals surface area (Å²) in [5.74, 6) is -1.24. The Balaban J connectivity index is 2.28. The number of rotatable bonds is 5. The van der Waals surface area contributed by atoms with Crippen molar-refractivity contribution in [2.24, 2.45) is 0 Å². The van der Waals surface area contributed by atoms with Crippen LogP contribution in [-0.2, 0) is 16.0 Å². The molecule has 1 amide bonds. The summed E-state index contributed by atoms with van der Waals surface area (Å²) in [7, 11) is 0. The highest BCUT2D eigenvalue weighted by molar-refractivity contribution is 7.07. The number of hydrogen-bond acceptors (Lipinski definition) is 3. The van der Waals surface area contributed by atoms with Crippen LogP contribution in [0.2, 0.25) is 0 Å². The number of carboxylic acids is 1. The molecule has 0 aromatic carbocycles. The number of hydrogen-bond donors (Lipinski definition) is 2. The van der Waals surface area contributed by atoms with Crippen LogP contribution >= 0.6 is 11.3 Å². The predicted octanol–water partition coefficient (Wildman–Crippen LogP) is 1.27. The SMILES string of the molecule is C[C@H](NC(=O)CCc1ccsc1)C(=O)O. The Morgan fingerprint density at radius 2 is 2.33 bits per heavy atom. The topological polar surface area (TPSA) is 66.4 Å². The van der Waals surface area contributed by atoms with Crippen molar-refractivity contribution >= 4 is 23.2 Å². The predicted molar refractivity (Wildman–Crippen MR) is 57.9 cm³/mol. The van der Waals surface area contributed by atoms with Gasteiger partial charge < -0.3 is 10.4 Å². The summed E-state index contributed by atoms with van der Waals surface area (Å²) in [5.41, 5.74) is 1.11. The Hall–Kier alpha value is -1.36. The van der Waals surface area contributed by atoms with Gasteiger partial charge in [-0.15, -0.1) is 0 Å². The zero-order valence-electron chi connectivity index (χ0n) is 8.40. The van der Waals surface area contributed by atoms with Crippen LogP contribution in [0, 0.1) is 0 Å². The molecule has 4 nitrogen and oxygen atoms in total. The van der Waals surface area contributed by atoms with Crippen LogP contribution in [0.5, 0.6) is 0 Å². The van der Waals surface area contributed by atoms with Gasteiger partial charge in [-0.25, -0.2) is 0 Å². The minimum absolute atomic E-state index is 0.226. The summed E-state index contributed by atoms with van der Waals surface area (Å²) in [6.07, 6.45) is 0.982. The molecular weight excluding hydrogens is 214 g/mol. The average molecular weight is 227 g/mol. The maximum absolute atomic E-state index is 11.3. The molecular formula is C10H13NO3S. The lowest BCUT2D eigenvalue weighted by atomic mass is 10.2. The number of aryl methyl sites for hydroxylation is 1. The first-order chi connectivity index (χ1) is 7.09. The molecule has 0 radical (unpaired) electrons. The van der Waals surface area contributed by atoms with Gasteiger partial charge in [0.25, 0.3) is 0 Å². The second kappa shape index (κ2) is 5.50. The number of amides is 1. The first-order valence-electron chi connectivity index (χ1n) is 4.63. The van der Waals surface area contributed by atoms with E-state index >= 15 is 0 Å².